The van der Waals surface area contributed by atoms with Crippen molar-refractivity contribution in [1.82, 2.24) is 9.80 Å². The summed E-state index contributed by atoms with van der Waals surface area (Å²) in [5.41, 5.74) is 2.37. The highest BCUT2D eigenvalue weighted by Crippen LogP contribution is 2.16. The van der Waals surface area contributed by atoms with Gasteiger partial charge in [-0.25, -0.2) is 0 Å². The lowest BCUT2D eigenvalue weighted by molar-refractivity contribution is 0.128. The Bertz CT molecular complexity index is 484. The minimum absolute atomic E-state index is 0.132. The summed E-state index contributed by atoms with van der Waals surface area (Å²) in [4.78, 5) is 4.88. The van der Waals surface area contributed by atoms with Crippen molar-refractivity contribution in [3.05, 3.63) is 35.4 Å². The summed E-state index contributed by atoms with van der Waals surface area (Å²) in [5, 5.41) is 8.72. The molecule has 1 aromatic rings. The van der Waals surface area contributed by atoms with Crippen molar-refractivity contribution in [3.63, 3.8) is 0 Å². The van der Waals surface area contributed by atoms with Crippen LogP contribution in [0.3, 0.4) is 0 Å². The van der Waals surface area contributed by atoms with Gasteiger partial charge < -0.3 is 10.0 Å². The van der Waals surface area contributed by atoms with Gasteiger partial charge in [0.2, 0.25) is 0 Å². The molecule has 1 unspecified atom stereocenters. The van der Waals surface area contributed by atoms with E-state index in [2.05, 4.69) is 60.0 Å². The Morgan fingerprint density at radius 3 is 2.71 bits per heavy atom. The molecule has 0 bridgehead atoms. The van der Waals surface area contributed by atoms with E-state index in [0.29, 0.717) is 12.5 Å². The van der Waals surface area contributed by atoms with Crippen LogP contribution in [-0.2, 0) is 6.54 Å². The number of aliphatic hydroxyl groups excluding tert-OH is 1. The Morgan fingerprint density at radius 2 is 2.05 bits per heavy atom. The van der Waals surface area contributed by atoms with Gasteiger partial charge in [0.25, 0.3) is 0 Å². The molecule has 1 aromatic carbocycles. The molecule has 1 aliphatic rings. The lowest BCUT2D eigenvalue weighted by atomic mass is 10.0. The minimum atomic E-state index is 0.132. The summed E-state index contributed by atoms with van der Waals surface area (Å²) in [5.74, 6) is 6.02. The van der Waals surface area contributed by atoms with E-state index in [-0.39, 0.29) is 6.61 Å². The van der Waals surface area contributed by atoms with Gasteiger partial charge in [0.1, 0.15) is 0 Å². The average Bonchev–Trinajstić information content (AvgIpc) is 2.49. The maximum atomic E-state index is 8.72. The largest absolute Gasteiger partial charge is 0.395 e. The van der Waals surface area contributed by atoms with Crippen LogP contribution in [0.2, 0.25) is 0 Å². The first-order valence-electron chi connectivity index (χ1n) is 7.76. The van der Waals surface area contributed by atoms with Crippen LogP contribution in [0, 0.1) is 11.8 Å². The molecule has 114 valence electrons. The molecule has 1 N–H and O–H groups in total. The molecule has 0 radical (unpaired) electrons. The van der Waals surface area contributed by atoms with Gasteiger partial charge in [0, 0.05) is 31.1 Å². The minimum Gasteiger partial charge on any atom is -0.395 e. The van der Waals surface area contributed by atoms with E-state index in [1.54, 1.807) is 0 Å². The predicted octanol–water partition coefficient (Wildman–Crippen LogP) is 1.95. The third-order valence-electron chi connectivity index (χ3n) is 4.04. The molecule has 1 fully saturated rings. The summed E-state index contributed by atoms with van der Waals surface area (Å²) in [6, 6.07) is 9.17. The number of hydrogen-bond donors (Lipinski definition) is 1. The van der Waals surface area contributed by atoms with Gasteiger partial charge in [-0.3, -0.25) is 4.90 Å². The van der Waals surface area contributed by atoms with E-state index in [9.17, 15) is 0 Å². The van der Waals surface area contributed by atoms with Crippen LogP contribution in [0.15, 0.2) is 24.3 Å². The van der Waals surface area contributed by atoms with Crippen LogP contribution >= 0.6 is 0 Å². The second-order valence-corrected chi connectivity index (χ2v) is 5.97. The first-order valence-corrected chi connectivity index (χ1v) is 7.76. The molecule has 1 atom stereocenters. The third-order valence-corrected chi connectivity index (χ3v) is 4.04. The lowest BCUT2D eigenvalue weighted by Gasteiger charge is -2.36. The van der Waals surface area contributed by atoms with Gasteiger partial charge in [-0.2, -0.15) is 0 Å². The fourth-order valence-electron chi connectivity index (χ4n) is 2.77. The molecule has 3 nitrogen and oxygen atoms in total. The van der Waals surface area contributed by atoms with Gasteiger partial charge in [-0.05, 0) is 51.2 Å². The number of aliphatic hydroxyl groups is 1. The number of piperidine rings is 1. The van der Waals surface area contributed by atoms with E-state index < -0.39 is 0 Å². The van der Waals surface area contributed by atoms with Crippen LogP contribution in [-0.4, -0.2) is 54.7 Å². The summed E-state index contributed by atoms with van der Waals surface area (Å²) in [7, 11) is 4.35. The Morgan fingerprint density at radius 1 is 1.29 bits per heavy atom. The van der Waals surface area contributed by atoms with Crippen molar-refractivity contribution in [2.24, 2.45) is 0 Å². The number of nitrogens with zero attached hydrogens (tertiary/aromatic N) is 2. The van der Waals surface area contributed by atoms with E-state index in [1.165, 1.54) is 24.9 Å². The SMILES string of the molecule is CN(C)C1CCCN(Cc2ccc(C#CCCO)cc2)C1. The maximum Gasteiger partial charge on any atom is 0.0540 e. The van der Waals surface area contributed by atoms with Crippen molar-refractivity contribution in [2.75, 3.05) is 33.8 Å². The fourth-order valence-corrected chi connectivity index (χ4v) is 2.77. The highest BCUT2D eigenvalue weighted by molar-refractivity contribution is 5.36. The van der Waals surface area contributed by atoms with Crippen LogP contribution in [0.4, 0.5) is 0 Å². The first-order chi connectivity index (χ1) is 10.2. The first kappa shape index (κ1) is 16.0. The van der Waals surface area contributed by atoms with E-state index in [0.717, 1.165) is 18.7 Å². The third kappa shape index (κ3) is 5.17. The van der Waals surface area contributed by atoms with Gasteiger partial charge >= 0.3 is 0 Å². The Balaban J connectivity index is 1.90. The van der Waals surface area contributed by atoms with Gasteiger partial charge in [-0.15, -0.1) is 0 Å². The van der Waals surface area contributed by atoms with Crippen LogP contribution in [0.1, 0.15) is 30.4 Å². The van der Waals surface area contributed by atoms with Crippen molar-refractivity contribution in [2.45, 2.75) is 31.8 Å². The molecular weight excluding hydrogens is 260 g/mol. The van der Waals surface area contributed by atoms with E-state index in [1.807, 2.05) is 0 Å². The molecule has 0 saturated carbocycles. The molecule has 0 amide bonds. The number of rotatable bonds is 4. The molecule has 1 aliphatic heterocycles. The second kappa shape index (κ2) is 8.19. The molecule has 21 heavy (non-hydrogen) atoms. The summed E-state index contributed by atoms with van der Waals surface area (Å²) >= 11 is 0. The smallest absolute Gasteiger partial charge is 0.0540 e. The molecule has 0 spiro atoms. The average molecular weight is 286 g/mol. The van der Waals surface area contributed by atoms with Crippen LogP contribution < -0.4 is 0 Å². The number of likely N-dealkylation sites (tertiary alicyclic amines) is 1. The van der Waals surface area contributed by atoms with Crippen LogP contribution in [0.5, 0.6) is 0 Å². The topological polar surface area (TPSA) is 26.7 Å². The summed E-state index contributed by atoms with van der Waals surface area (Å²) in [6.07, 6.45) is 3.14. The zero-order chi connectivity index (χ0) is 15.1. The van der Waals surface area contributed by atoms with Crippen molar-refractivity contribution < 1.29 is 5.11 Å². The van der Waals surface area contributed by atoms with Crippen molar-refractivity contribution >= 4 is 0 Å². The Kier molecular flexibility index (Phi) is 6.25. The Labute approximate surface area is 128 Å². The summed E-state index contributed by atoms with van der Waals surface area (Å²) < 4.78 is 0. The maximum absolute atomic E-state index is 8.72. The van der Waals surface area contributed by atoms with Gasteiger partial charge in [0.05, 0.1) is 6.61 Å². The Hall–Kier alpha value is -1.34. The quantitative estimate of drug-likeness (QED) is 0.857. The predicted molar refractivity (Wildman–Crippen MR) is 87.0 cm³/mol. The van der Waals surface area contributed by atoms with E-state index >= 15 is 0 Å². The standard InChI is InChI=1S/C18H26N2O/c1-19(2)18-7-5-12-20(15-18)14-17-10-8-16(9-11-17)6-3-4-13-21/h8-11,18,21H,4-5,7,12-15H2,1-2H3. The molecule has 2 rings (SSSR count). The number of hydrogen-bond acceptors (Lipinski definition) is 3. The molecule has 0 aliphatic carbocycles. The monoisotopic (exact) mass is 286 g/mol. The van der Waals surface area contributed by atoms with Crippen molar-refractivity contribution in [3.8, 4) is 11.8 Å². The zero-order valence-corrected chi connectivity index (χ0v) is 13.2. The van der Waals surface area contributed by atoms with Crippen LogP contribution in [0.25, 0.3) is 0 Å². The lowest BCUT2D eigenvalue weighted by Crippen LogP contribution is -2.44. The van der Waals surface area contributed by atoms with Gasteiger partial charge in [-0.1, -0.05) is 24.0 Å². The molecular formula is C18H26N2O. The molecule has 1 saturated heterocycles. The number of likely N-dealkylation sites (N-methyl/N-ethyl adjacent to an activating group) is 1. The highest BCUT2D eigenvalue weighted by atomic mass is 16.2. The molecule has 3 heteroatoms. The summed E-state index contributed by atoms with van der Waals surface area (Å²) in [6.45, 7) is 3.51. The molecule has 0 aromatic heterocycles. The molecule has 1 heterocycles. The fraction of sp³-hybridized carbons (Fsp3) is 0.556. The highest BCUT2D eigenvalue weighted by Gasteiger charge is 2.21. The van der Waals surface area contributed by atoms with Gasteiger partial charge in [0.15, 0.2) is 0 Å². The zero-order valence-electron chi connectivity index (χ0n) is 13.2. The normalized spacial score (nSPS) is 19.3. The van der Waals surface area contributed by atoms with Crippen molar-refractivity contribution in [1.29, 1.82) is 0 Å². The number of benzene rings is 1. The van der Waals surface area contributed by atoms with E-state index in [4.69, 9.17) is 5.11 Å². The second-order valence-electron chi connectivity index (χ2n) is 5.97.